The van der Waals surface area contributed by atoms with Crippen molar-refractivity contribution in [2.45, 2.75) is 44.5 Å². The number of piperazine rings is 1. The van der Waals surface area contributed by atoms with Gasteiger partial charge in [-0.1, -0.05) is 12.1 Å². The third-order valence-electron chi connectivity index (χ3n) is 6.24. The average Bonchev–Trinajstić information content (AvgIpc) is 3.13. The number of hydrogen-bond acceptors (Lipinski definition) is 4. The summed E-state index contributed by atoms with van der Waals surface area (Å²) in [7, 11) is 0. The molecule has 3 saturated heterocycles. The van der Waals surface area contributed by atoms with E-state index in [1.807, 2.05) is 9.80 Å². The van der Waals surface area contributed by atoms with Crippen LogP contribution in [-0.4, -0.2) is 64.5 Å². The molecule has 5 nitrogen and oxygen atoms in total. The normalized spacial score (nSPS) is 28.7. The van der Waals surface area contributed by atoms with Gasteiger partial charge in [0.1, 0.15) is 6.04 Å². The lowest BCUT2D eigenvalue weighted by atomic mass is 10.1. The van der Waals surface area contributed by atoms with E-state index in [1.165, 1.54) is 16.8 Å². The summed E-state index contributed by atoms with van der Waals surface area (Å²) in [6, 6.07) is 6.14. The minimum atomic E-state index is -0.271. The van der Waals surface area contributed by atoms with E-state index in [0.29, 0.717) is 6.42 Å². The highest BCUT2D eigenvalue weighted by atomic mass is 32.2. The van der Waals surface area contributed by atoms with Crippen molar-refractivity contribution in [3.05, 3.63) is 29.3 Å². The molecule has 0 saturated carbocycles. The molecule has 3 aliphatic rings. The van der Waals surface area contributed by atoms with Crippen LogP contribution >= 0.6 is 11.8 Å². The van der Waals surface area contributed by atoms with Gasteiger partial charge in [-0.3, -0.25) is 9.59 Å². The van der Waals surface area contributed by atoms with Gasteiger partial charge in [0.25, 0.3) is 0 Å². The van der Waals surface area contributed by atoms with Crippen LogP contribution < -0.4 is 4.90 Å². The predicted molar refractivity (Wildman–Crippen MR) is 105 cm³/mol. The molecule has 0 N–H and O–H groups in total. The number of amides is 2. The van der Waals surface area contributed by atoms with Crippen LogP contribution in [0.4, 0.5) is 5.69 Å². The van der Waals surface area contributed by atoms with Crippen molar-refractivity contribution in [1.29, 1.82) is 0 Å². The number of thioether (sulfide) groups is 1. The van der Waals surface area contributed by atoms with E-state index in [9.17, 15) is 9.59 Å². The summed E-state index contributed by atoms with van der Waals surface area (Å²) in [6.45, 7) is 9.56. The van der Waals surface area contributed by atoms with Crippen molar-refractivity contribution in [2.24, 2.45) is 0 Å². The van der Waals surface area contributed by atoms with Crippen LogP contribution in [0.5, 0.6) is 0 Å². The van der Waals surface area contributed by atoms with Gasteiger partial charge in [-0.2, -0.15) is 0 Å². The van der Waals surface area contributed by atoms with Crippen molar-refractivity contribution in [3.63, 3.8) is 0 Å². The Bertz CT molecular complexity index is 745. The van der Waals surface area contributed by atoms with E-state index in [0.717, 1.165) is 38.4 Å². The molecule has 4 rings (SSSR count). The minimum absolute atomic E-state index is 0.136. The van der Waals surface area contributed by atoms with Crippen molar-refractivity contribution >= 4 is 29.3 Å². The number of fused-ring (bicyclic) bond motifs is 1. The zero-order valence-electron chi connectivity index (χ0n) is 15.8. The standard InChI is InChI=1S/C20H27N3O2S/c1-14-5-4-6-16(15(14)2)21-9-11-22(12-10-21)19(25)17-13-26-20(3)8-7-18(24)23(17)20/h4-6,17H,7-13H2,1-3H3/t17-,20+/m0/s1. The lowest BCUT2D eigenvalue weighted by Gasteiger charge is -2.39. The second kappa shape index (κ2) is 6.48. The van der Waals surface area contributed by atoms with Crippen LogP contribution in [0.2, 0.25) is 0 Å². The first kappa shape index (κ1) is 17.7. The van der Waals surface area contributed by atoms with Gasteiger partial charge < -0.3 is 14.7 Å². The molecule has 0 unspecified atom stereocenters. The number of rotatable bonds is 2. The van der Waals surface area contributed by atoms with E-state index in [4.69, 9.17) is 0 Å². The second-order valence-electron chi connectivity index (χ2n) is 7.80. The fourth-order valence-corrected chi connectivity index (χ4v) is 5.88. The Labute approximate surface area is 159 Å². The van der Waals surface area contributed by atoms with E-state index >= 15 is 0 Å². The Kier molecular flexibility index (Phi) is 4.41. The summed E-state index contributed by atoms with van der Waals surface area (Å²) in [4.78, 5) is 31.4. The lowest BCUT2D eigenvalue weighted by molar-refractivity contribution is -0.143. The molecule has 6 heteroatoms. The first-order valence-corrected chi connectivity index (χ1v) is 10.5. The number of hydrogen-bond donors (Lipinski definition) is 0. The number of carbonyl (C=O) groups excluding carboxylic acids is 2. The summed E-state index contributed by atoms with van der Waals surface area (Å²) in [5.41, 5.74) is 3.89. The number of benzene rings is 1. The predicted octanol–water partition coefficient (Wildman–Crippen LogP) is 2.41. The number of carbonyl (C=O) groups is 2. The van der Waals surface area contributed by atoms with E-state index in [1.54, 1.807) is 11.8 Å². The lowest BCUT2D eigenvalue weighted by Crippen LogP contribution is -2.56. The maximum absolute atomic E-state index is 13.1. The monoisotopic (exact) mass is 373 g/mol. The maximum atomic E-state index is 13.1. The molecule has 0 radical (unpaired) electrons. The molecular weight excluding hydrogens is 346 g/mol. The third-order valence-corrected chi connectivity index (χ3v) is 7.74. The quantitative estimate of drug-likeness (QED) is 0.799. The molecule has 2 atom stereocenters. The summed E-state index contributed by atoms with van der Waals surface area (Å²) < 4.78 is 0. The second-order valence-corrected chi connectivity index (χ2v) is 9.30. The molecule has 2 amide bonds. The van der Waals surface area contributed by atoms with Crippen molar-refractivity contribution < 1.29 is 9.59 Å². The Balaban J connectivity index is 1.43. The number of nitrogens with zero attached hydrogens (tertiary/aromatic N) is 3. The van der Waals surface area contributed by atoms with Gasteiger partial charge in [0.2, 0.25) is 11.8 Å². The molecule has 0 bridgehead atoms. The molecule has 0 aromatic heterocycles. The first-order valence-electron chi connectivity index (χ1n) is 9.47. The molecule has 1 aromatic rings. The highest BCUT2D eigenvalue weighted by Gasteiger charge is 2.53. The minimum Gasteiger partial charge on any atom is -0.368 e. The van der Waals surface area contributed by atoms with Gasteiger partial charge in [0.05, 0.1) is 4.87 Å². The van der Waals surface area contributed by atoms with Gasteiger partial charge in [0.15, 0.2) is 0 Å². The number of aryl methyl sites for hydroxylation is 1. The molecule has 3 aliphatic heterocycles. The van der Waals surface area contributed by atoms with Crippen LogP contribution in [0.25, 0.3) is 0 Å². The molecule has 1 aromatic carbocycles. The zero-order valence-corrected chi connectivity index (χ0v) is 16.6. The number of anilines is 1. The first-order chi connectivity index (χ1) is 12.4. The third kappa shape index (κ3) is 2.79. The van der Waals surface area contributed by atoms with Gasteiger partial charge in [0, 0.05) is 44.0 Å². The van der Waals surface area contributed by atoms with Crippen molar-refractivity contribution in [1.82, 2.24) is 9.80 Å². The molecule has 0 spiro atoms. The van der Waals surface area contributed by atoms with Crippen molar-refractivity contribution in [3.8, 4) is 0 Å². The Morgan fingerprint density at radius 2 is 1.92 bits per heavy atom. The maximum Gasteiger partial charge on any atom is 0.246 e. The van der Waals surface area contributed by atoms with Crippen LogP contribution in [0, 0.1) is 13.8 Å². The Morgan fingerprint density at radius 1 is 1.19 bits per heavy atom. The van der Waals surface area contributed by atoms with Crippen molar-refractivity contribution in [2.75, 3.05) is 36.8 Å². The van der Waals surface area contributed by atoms with Crippen LogP contribution in [0.15, 0.2) is 18.2 Å². The highest BCUT2D eigenvalue weighted by Crippen LogP contribution is 2.47. The smallest absolute Gasteiger partial charge is 0.246 e. The Hall–Kier alpha value is -1.69. The molecule has 3 fully saturated rings. The molecule has 3 heterocycles. The van der Waals surface area contributed by atoms with E-state index < -0.39 is 0 Å². The van der Waals surface area contributed by atoms with Gasteiger partial charge in [-0.15, -0.1) is 11.8 Å². The van der Waals surface area contributed by atoms with Crippen LogP contribution in [-0.2, 0) is 9.59 Å². The highest BCUT2D eigenvalue weighted by molar-refractivity contribution is 8.01. The Morgan fingerprint density at radius 3 is 2.65 bits per heavy atom. The largest absolute Gasteiger partial charge is 0.368 e. The van der Waals surface area contributed by atoms with Crippen LogP contribution in [0.3, 0.4) is 0 Å². The molecule has 26 heavy (non-hydrogen) atoms. The van der Waals surface area contributed by atoms with Gasteiger partial charge in [-0.05, 0) is 44.4 Å². The summed E-state index contributed by atoms with van der Waals surface area (Å²) in [5.74, 6) is 1.01. The van der Waals surface area contributed by atoms with E-state index in [-0.39, 0.29) is 22.7 Å². The van der Waals surface area contributed by atoms with Gasteiger partial charge in [-0.25, -0.2) is 0 Å². The fraction of sp³-hybridized carbons (Fsp3) is 0.600. The van der Waals surface area contributed by atoms with E-state index in [2.05, 4.69) is 43.9 Å². The average molecular weight is 374 g/mol. The fourth-order valence-electron chi connectivity index (χ4n) is 4.46. The van der Waals surface area contributed by atoms with Crippen LogP contribution in [0.1, 0.15) is 30.9 Å². The SMILES string of the molecule is Cc1cccc(N2CCN(C(=O)[C@@H]3CS[C@]4(C)CCC(=O)N34)CC2)c1C. The summed E-state index contributed by atoms with van der Waals surface area (Å²) >= 11 is 1.77. The van der Waals surface area contributed by atoms with Gasteiger partial charge >= 0.3 is 0 Å². The topological polar surface area (TPSA) is 43.9 Å². The molecular formula is C20H27N3O2S. The molecule has 140 valence electrons. The summed E-state index contributed by atoms with van der Waals surface area (Å²) in [5, 5.41) is 0. The summed E-state index contributed by atoms with van der Waals surface area (Å²) in [6.07, 6.45) is 1.44. The zero-order chi connectivity index (χ0) is 18.5. The molecule has 0 aliphatic carbocycles.